The fourth-order valence-electron chi connectivity index (χ4n) is 3.09. The standard InChI is InChI=1S/C23H29N5O/c1-18(20-9-11-22(29-3)12-10-20)13-14-25-23(24-2)26-15-19-16-27-28(17-19)21-7-5-4-6-8-21/h4-12,16-18H,13-15H2,1-3H3,(H2,24,25,26). The average molecular weight is 392 g/mol. The smallest absolute Gasteiger partial charge is 0.191 e. The number of para-hydroxylation sites is 1. The van der Waals surface area contributed by atoms with Crippen LogP contribution in [0.5, 0.6) is 5.75 Å². The van der Waals surface area contributed by atoms with Crippen LogP contribution >= 0.6 is 0 Å². The lowest BCUT2D eigenvalue weighted by Gasteiger charge is -2.15. The van der Waals surface area contributed by atoms with E-state index in [1.54, 1.807) is 14.2 Å². The maximum Gasteiger partial charge on any atom is 0.191 e. The highest BCUT2D eigenvalue weighted by molar-refractivity contribution is 5.79. The van der Waals surface area contributed by atoms with E-state index in [0.29, 0.717) is 12.5 Å². The zero-order valence-electron chi connectivity index (χ0n) is 17.3. The topological polar surface area (TPSA) is 63.5 Å². The van der Waals surface area contributed by atoms with Crippen LogP contribution in [-0.4, -0.2) is 36.4 Å². The Balaban J connectivity index is 1.44. The van der Waals surface area contributed by atoms with Crippen LogP contribution in [0.4, 0.5) is 0 Å². The number of aromatic nitrogens is 2. The molecular formula is C23H29N5O. The third-order valence-electron chi connectivity index (χ3n) is 4.89. The molecule has 0 amide bonds. The molecule has 0 fully saturated rings. The highest BCUT2D eigenvalue weighted by Crippen LogP contribution is 2.21. The van der Waals surface area contributed by atoms with Gasteiger partial charge in [-0.1, -0.05) is 37.3 Å². The molecule has 1 atom stereocenters. The van der Waals surface area contributed by atoms with Crippen molar-refractivity contribution in [3.05, 3.63) is 78.1 Å². The van der Waals surface area contributed by atoms with Gasteiger partial charge < -0.3 is 15.4 Å². The number of aliphatic imine (C=N–C) groups is 1. The summed E-state index contributed by atoms with van der Waals surface area (Å²) in [5.74, 6) is 2.13. The average Bonchev–Trinajstić information content (AvgIpc) is 3.25. The molecule has 0 bridgehead atoms. The predicted molar refractivity (Wildman–Crippen MR) is 118 cm³/mol. The highest BCUT2D eigenvalue weighted by Gasteiger charge is 2.07. The van der Waals surface area contributed by atoms with Gasteiger partial charge in [0.1, 0.15) is 5.75 Å². The molecule has 0 aliphatic rings. The van der Waals surface area contributed by atoms with Gasteiger partial charge >= 0.3 is 0 Å². The van der Waals surface area contributed by atoms with Crippen molar-refractivity contribution >= 4 is 5.96 Å². The minimum Gasteiger partial charge on any atom is -0.497 e. The van der Waals surface area contributed by atoms with E-state index in [-0.39, 0.29) is 0 Å². The van der Waals surface area contributed by atoms with Crippen LogP contribution in [-0.2, 0) is 6.54 Å². The minimum absolute atomic E-state index is 0.454. The first-order valence-corrected chi connectivity index (χ1v) is 9.87. The van der Waals surface area contributed by atoms with Crippen LogP contribution in [0.2, 0.25) is 0 Å². The first kappa shape index (κ1) is 20.5. The van der Waals surface area contributed by atoms with Crippen LogP contribution in [0, 0.1) is 0 Å². The highest BCUT2D eigenvalue weighted by atomic mass is 16.5. The lowest BCUT2D eigenvalue weighted by atomic mass is 9.98. The fraction of sp³-hybridized carbons (Fsp3) is 0.304. The molecule has 0 saturated carbocycles. The van der Waals surface area contributed by atoms with Gasteiger partial charge in [-0.3, -0.25) is 4.99 Å². The van der Waals surface area contributed by atoms with E-state index in [4.69, 9.17) is 4.74 Å². The Labute approximate surface area is 172 Å². The molecule has 0 radical (unpaired) electrons. The van der Waals surface area contributed by atoms with Crippen molar-refractivity contribution in [1.82, 2.24) is 20.4 Å². The normalized spacial score (nSPS) is 12.4. The van der Waals surface area contributed by atoms with Gasteiger partial charge in [0.25, 0.3) is 0 Å². The monoisotopic (exact) mass is 391 g/mol. The molecular weight excluding hydrogens is 362 g/mol. The summed E-state index contributed by atoms with van der Waals surface area (Å²) in [5, 5.41) is 11.2. The third-order valence-corrected chi connectivity index (χ3v) is 4.89. The lowest BCUT2D eigenvalue weighted by Crippen LogP contribution is -2.37. The van der Waals surface area contributed by atoms with Crippen molar-refractivity contribution in [3.63, 3.8) is 0 Å². The van der Waals surface area contributed by atoms with Crippen molar-refractivity contribution in [2.45, 2.75) is 25.8 Å². The number of hydrogen-bond donors (Lipinski definition) is 2. The minimum atomic E-state index is 0.454. The van der Waals surface area contributed by atoms with Gasteiger partial charge in [-0.15, -0.1) is 0 Å². The molecule has 1 aromatic heterocycles. The molecule has 1 unspecified atom stereocenters. The SMILES string of the molecule is CN=C(NCCC(C)c1ccc(OC)cc1)NCc1cnn(-c2ccccc2)c1. The number of benzene rings is 2. The van der Waals surface area contributed by atoms with Gasteiger partial charge in [0.05, 0.1) is 19.0 Å². The molecule has 0 saturated heterocycles. The Morgan fingerprint density at radius 2 is 1.86 bits per heavy atom. The van der Waals surface area contributed by atoms with Crippen LogP contribution in [0.3, 0.4) is 0 Å². The molecule has 0 aliphatic heterocycles. The second kappa shape index (κ2) is 10.3. The van der Waals surface area contributed by atoms with Crippen molar-refractivity contribution in [2.75, 3.05) is 20.7 Å². The number of methoxy groups -OCH3 is 1. The quantitative estimate of drug-likeness (QED) is 0.454. The van der Waals surface area contributed by atoms with E-state index < -0.39 is 0 Å². The zero-order valence-corrected chi connectivity index (χ0v) is 17.3. The summed E-state index contributed by atoms with van der Waals surface area (Å²) in [6.07, 6.45) is 4.92. The largest absolute Gasteiger partial charge is 0.497 e. The van der Waals surface area contributed by atoms with Gasteiger partial charge in [0.2, 0.25) is 0 Å². The summed E-state index contributed by atoms with van der Waals surface area (Å²) in [7, 11) is 3.48. The molecule has 6 heteroatoms. The van der Waals surface area contributed by atoms with Crippen molar-refractivity contribution in [1.29, 1.82) is 0 Å². The van der Waals surface area contributed by atoms with Crippen LogP contribution in [0.1, 0.15) is 30.4 Å². The molecule has 29 heavy (non-hydrogen) atoms. The fourth-order valence-corrected chi connectivity index (χ4v) is 3.09. The van der Waals surface area contributed by atoms with Crippen molar-refractivity contribution in [3.8, 4) is 11.4 Å². The maximum atomic E-state index is 5.22. The first-order valence-electron chi connectivity index (χ1n) is 9.87. The maximum absolute atomic E-state index is 5.22. The Morgan fingerprint density at radius 1 is 1.10 bits per heavy atom. The van der Waals surface area contributed by atoms with Crippen molar-refractivity contribution < 1.29 is 4.74 Å². The Hall–Kier alpha value is -3.28. The molecule has 0 aliphatic carbocycles. The van der Waals surface area contributed by atoms with E-state index in [0.717, 1.165) is 35.9 Å². The van der Waals surface area contributed by atoms with Gasteiger partial charge in [0, 0.05) is 31.9 Å². The van der Waals surface area contributed by atoms with E-state index in [2.05, 4.69) is 39.8 Å². The number of guanidine groups is 1. The second-order valence-electron chi connectivity index (χ2n) is 6.94. The summed E-state index contributed by atoms with van der Waals surface area (Å²) in [5.41, 5.74) is 3.46. The summed E-state index contributed by atoms with van der Waals surface area (Å²) in [4.78, 5) is 4.31. The molecule has 6 nitrogen and oxygen atoms in total. The summed E-state index contributed by atoms with van der Waals surface area (Å²) in [6.45, 7) is 3.74. The molecule has 2 aromatic carbocycles. The van der Waals surface area contributed by atoms with Gasteiger partial charge in [-0.05, 0) is 42.2 Å². The molecule has 1 heterocycles. The second-order valence-corrected chi connectivity index (χ2v) is 6.94. The summed E-state index contributed by atoms with van der Waals surface area (Å²) < 4.78 is 7.10. The van der Waals surface area contributed by atoms with E-state index in [1.807, 2.05) is 59.5 Å². The first-order chi connectivity index (χ1) is 14.2. The Bertz CT molecular complexity index is 903. The van der Waals surface area contributed by atoms with E-state index in [1.165, 1.54) is 5.56 Å². The zero-order chi connectivity index (χ0) is 20.5. The molecule has 3 aromatic rings. The number of ether oxygens (including phenoxy) is 1. The lowest BCUT2D eigenvalue weighted by molar-refractivity contribution is 0.414. The van der Waals surface area contributed by atoms with Crippen LogP contribution in [0.25, 0.3) is 5.69 Å². The molecule has 0 spiro atoms. The van der Waals surface area contributed by atoms with Gasteiger partial charge in [-0.25, -0.2) is 4.68 Å². The van der Waals surface area contributed by atoms with Crippen LogP contribution < -0.4 is 15.4 Å². The molecule has 2 N–H and O–H groups in total. The van der Waals surface area contributed by atoms with Gasteiger partial charge in [-0.2, -0.15) is 5.10 Å². The van der Waals surface area contributed by atoms with Gasteiger partial charge in [0.15, 0.2) is 5.96 Å². The number of nitrogens with one attached hydrogen (secondary N) is 2. The number of nitrogens with zero attached hydrogens (tertiary/aromatic N) is 3. The Morgan fingerprint density at radius 3 is 2.55 bits per heavy atom. The Kier molecular flexibility index (Phi) is 7.28. The summed E-state index contributed by atoms with van der Waals surface area (Å²) in [6, 6.07) is 18.4. The van der Waals surface area contributed by atoms with E-state index in [9.17, 15) is 0 Å². The predicted octanol–water partition coefficient (Wildman–Crippen LogP) is 3.74. The number of hydrogen-bond acceptors (Lipinski definition) is 3. The molecule has 3 rings (SSSR count). The third kappa shape index (κ3) is 5.85. The summed E-state index contributed by atoms with van der Waals surface area (Å²) >= 11 is 0. The van der Waals surface area contributed by atoms with Crippen LogP contribution in [0.15, 0.2) is 72.0 Å². The number of rotatable bonds is 8. The van der Waals surface area contributed by atoms with Crippen molar-refractivity contribution in [2.24, 2.45) is 4.99 Å². The molecule has 152 valence electrons. The van der Waals surface area contributed by atoms with E-state index >= 15 is 0 Å².